The molecule has 0 radical (unpaired) electrons. The molecule has 0 bridgehead atoms. The number of likely N-dealkylation sites (tertiary alicyclic amines) is 1. The summed E-state index contributed by atoms with van der Waals surface area (Å²) >= 11 is 0. The number of hydrogen-bond acceptors (Lipinski definition) is 6. The van der Waals surface area contributed by atoms with E-state index in [0.717, 1.165) is 81.1 Å². The number of aromatic nitrogens is 2. The molecule has 2 fully saturated rings. The summed E-state index contributed by atoms with van der Waals surface area (Å²) in [4.78, 5) is 27.2. The lowest BCUT2D eigenvalue weighted by molar-refractivity contribution is 0.0239. The highest BCUT2D eigenvalue weighted by Gasteiger charge is 2.34. The fraction of sp³-hybridized carbons (Fsp3) is 0.611. The molecule has 246 valence electrons. The molecule has 8 nitrogen and oxygen atoms in total. The Morgan fingerprint density at radius 3 is 2.36 bits per heavy atom. The zero-order chi connectivity index (χ0) is 32.2. The highest BCUT2D eigenvalue weighted by Crippen LogP contribution is 2.35. The lowest BCUT2D eigenvalue weighted by Gasteiger charge is -2.46. The van der Waals surface area contributed by atoms with E-state index >= 15 is 0 Å². The zero-order valence-electron chi connectivity index (χ0n) is 28.2. The van der Waals surface area contributed by atoms with Crippen LogP contribution in [0.4, 0.5) is 4.39 Å². The second-order valence-corrected chi connectivity index (χ2v) is 13.9. The van der Waals surface area contributed by atoms with Crippen LogP contribution in [0, 0.1) is 24.6 Å². The van der Waals surface area contributed by atoms with Gasteiger partial charge in [0.25, 0.3) is 5.91 Å². The molecule has 1 atom stereocenters. The number of aliphatic hydroxyl groups is 1. The predicted octanol–water partition coefficient (Wildman–Crippen LogP) is 4.82. The molecule has 0 spiro atoms. The Morgan fingerprint density at radius 1 is 1.02 bits per heavy atom. The van der Waals surface area contributed by atoms with Gasteiger partial charge in [0.2, 0.25) is 0 Å². The number of piperazine rings is 1. The standard InChI is InChI=1S/C36H53FN6O2/c1-25(2)34(8-7-11-40-12-14-41(15-13-40)16-17-44)42-23-28(24-42)18-30-20-32(35-22-38-21-27(5)43(30)35)31-10-9-29(37)19-33(31)36(45)39(6)26(3)4/h9-10,19-22,25-26,28,34,44H,7-8,11-18,23-24H2,1-6H3/t34-/m0/s1. The van der Waals surface area contributed by atoms with Gasteiger partial charge < -0.3 is 19.3 Å². The highest BCUT2D eigenvalue weighted by molar-refractivity contribution is 6.03. The van der Waals surface area contributed by atoms with E-state index in [2.05, 4.69) is 50.9 Å². The fourth-order valence-corrected chi connectivity index (χ4v) is 7.26. The summed E-state index contributed by atoms with van der Waals surface area (Å²) in [5.74, 6) is 0.581. The average molecular weight is 621 g/mol. The Balaban J connectivity index is 1.27. The Morgan fingerprint density at radius 2 is 1.71 bits per heavy atom. The maximum absolute atomic E-state index is 14.5. The molecule has 3 aromatic rings. The van der Waals surface area contributed by atoms with Crippen LogP contribution in [0.15, 0.2) is 36.7 Å². The molecule has 4 heterocycles. The number of amides is 1. The first kappa shape index (κ1) is 33.5. The Hall–Kier alpha value is -2.85. The molecule has 0 unspecified atom stereocenters. The molecule has 1 amide bonds. The van der Waals surface area contributed by atoms with E-state index in [0.29, 0.717) is 23.4 Å². The van der Waals surface area contributed by atoms with Crippen LogP contribution in [0.1, 0.15) is 62.3 Å². The molecular formula is C36H53FN6O2. The van der Waals surface area contributed by atoms with Crippen LogP contribution in [0.25, 0.3) is 16.6 Å². The number of hydrogen-bond donors (Lipinski definition) is 1. The fourth-order valence-electron chi connectivity index (χ4n) is 7.26. The van der Waals surface area contributed by atoms with Crippen LogP contribution >= 0.6 is 0 Å². The largest absolute Gasteiger partial charge is 0.395 e. The van der Waals surface area contributed by atoms with Gasteiger partial charge in [-0.15, -0.1) is 0 Å². The smallest absolute Gasteiger partial charge is 0.254 e. The number of benzene rings is 1. The molecule has 2 aliphatic heterocycles. The third kappa shape index (κ3) is 7.59. The summed E-state index contributed by atoms with van der Waals surface area (Å²) < 4.78 is 16.7. The van der Waals surface area contributed by atoms with E-state index in [1.54, 1.807) is 18.0 Å². The van der Waals surface area contributed by atoms with Gasteiger partial charge in [-0.05, 0) is 82.2 Å². The van der Waals surface area contributed by atoms with Crippen molar-refractivity contribution in [1.82, 2.24) is 29.0 Å². The van der Waals surface area contributed by atoms with Crippen molar-refractivity contribution >= 4 is 11.4 Å². The summed E-state index contributed by atoms with van der Waals surface area (Å²) in [6.07, 6.45) is 7.13. The molecule has 5 rings (SSSR count). The minimum absolute atomic E-state index is 0.00297. The second kappa shape index (κ2) is 14.7. The van der Waals surface area contributed by atoms with E-state index in [9.17, 15) is 14.3 Å². The van der Waals surface area contributed by atoms with Gasteiger partial charge in [-0.2, -0.15) is 0 Å². The maximum atomic E-state index is 14.5. The van der Waals surface area contributed by atoms with Crippen molar-refractivity contribution in [3.05, 3.63) is 59.4 Å². The number of β-amino-alcohol motifs (C(OH)–C–C–N with tert-alkyl or cyclic N) is 1. The predicted molar refractivity (Wildman–Crippen MR) is 179 cm³/mol. The van der Waals surface area contributed by atoms with Crippen molar-refractivity contribution in [2.45, 2.75) is 66.0 Å². The van der Waals surface area contributed by atoms with Crippen LogP contribution in [0.5, 0.6) is 0 Å². The number of carbonyl (C=O) groups excluding carboxylic acids is 1. The van der Waals surface area contributed by atoms with Gasteiger partial charge in [-0.1, -0.05) is 19.9 Å². The van der Waals surface area contributed by atoms with Crippen LogP contribution < -0.4 is 0 Å². The van der Waals surface area contributed by atoms with Gasteiger partial charge in [0.1, 0.15) is 5.82 Å². The van der Waals surface area contributed by atoms with Gasteiger partial charge in [0.15, 0.2) is 0 Å². The third-order valence-corrected chi connectivity index (χ3v) is 10.1. The van der Waals surface area contributed by atoms with E-state index in [-0.39, 0.29) is 18.6 Å². The van der Waals surface area contributed by atoms with Crippen LogP contribution in [0.3, 0.4) is 0 Å². The van der Waals surface area contributed by atoms with Crippen molar-refractivity contribution in [3.8, 4) is 11.1 Å². The van der Waals surface area contributed by atoms with Gasteiger partial charge in [0, 0.05) is 88.1 Å². The number of nitrogens with zero attached hydrogens (tertiary/aromatic N) is 6. The highest BCUT2D eigenvalue weighted by atomic mass is 19.1. The second-order valence-electron chi connectivity index (χ2n) is 13.9. The topological polar surface area (TPSA) is 67.6 Å². The quantitative estimate of drug-likeness (QED) is 0.296. The van der Waals surface area contributed by atoms with Crippen LogP contribution in [-0.4, -0.2) is 118 Å². The first-order valence-corrected chi connectivity index (χ1v) is 16.9. The van der Waals surface area contributed by atoms with E-state index in [1.165, 1.54) is 30.7 Å². The molecule has 1 N–H and O–H groups in total. The molecule has 2 saturated heterocycles. The molecular weight excluding hydrogens is 567 g/mol. The first-order chi connectivity index (χ1) is 21.6. The normalized spacial score (nSPS) is 17.8. The summed E-state index contributed by atoms with van der Waals surface area (Å²) in [6.45, 7) is 19.4. The van der Waals surface area contributed by atoms with E-state index in [1.807, 2.05) is 26.2 Å². The lowest BCUT2D eigenvalue weighted by atomic mass is 9.87. The summed E-state index contributed by atoms with van der Waals surface area (Å²) in [5.41, 5.74) is 5.27. The summed E-state index contributed by atoms with van der Waals surface area (Å²) in [7, 11) is 1.77. The molecule has 9 heteroatoms. The number of rotatable bonds is 13. The summed E-state index contributed by atoms with van der Waals surface area (Å²) in [6, 6.07) is 7.35. The SMILES string of the molecule is Cc1cncc2c(-c3ccc(F)cc3C(=O)N(C)C(C)C)cc(CC3CN([C@@H](CCCN4CCN(CCO)CC4)C(C)C)C3)n12. The van der Waals surface area contributed by atoms with E-state index in [4.69, 9.17) is 0 Å². The number of fused-ring (bicyclic) bond motifs is 1. The van der Waals surface area contributed by atoms with Crippen molar-refractivity contribution in [1.29, 1.82) is 0 Å². The van der Waals surface area contributed by atoms with Crippen molar-refractivity contribution < 1.29 is 14.3 Å². The number of halogens is 1. The number of aryl methyl sites for hydroxylation is 1. The third-order valence-electron chi connectivity index (χ3n) is 10.1. The lowest BCUT2D eigenvalue weighted by Crippen LogP contribution is -2.54. The van der Waals surface area contributed by atoms with Gasteiger partial charge in [-0.25, -0.2) is 4.39 Å². The van der Waals surface area contributed by atoms with Crippen molar-refractivity contribution in [2.24, 2.45) is 11.8 Å². The van der Waals surface area contributed by atoms with Gasteiger partial charge in [0.05, 0.1) is 23.9 Å². The molecule has 0 aliphatic carbocycles. The van der Waals surface area contributed by atoms with E-state index < -0.39 is 5.82 Å². The summed E-state index contributed by atoms with van der Waals surface area (Å²) in [5, 5.41) is 9.21. The Kier molecular flexibility index (Phi) is 11.0. The maximum Gasteiger partial charge on any atom is 0.254 e. The number of carbonyl (C=O) groups is 1. The molecule has 45 heavy (non-hydrogen) atoms. The molecule has 2 aromatic heterocycles. The minimum atomic E-state index is -0.410. The minimum Gasteiger partial charge on any atom is -0.395 e. The van der Waals surface area contributed by atoms with Crippen LogP contribution in [-0.2, 0) is 6.42 Å². The average Bonchev–Trinajstić information content (AvgIpc) is 3.36. The first-order valence-electron chi connectivity index (χ1n) is 16.9. The Bertz CT molecular complexity index is 1440. The van der Waals surface area contributed by atoms with Gasteiger partial charge in [-0.3, -0.25) is 19.6 Å². The monoisotopic (exact) mass is 620 g/mol. The van der Waals surface area contributed by atoms with Crippen molar-refractivity contribution in [3.63, 3.8) is 0 Å². The molecule has 2 aliphatic rings. The van der Waals surface area contributed by atoms with Crippen LogP contribution in [0.2, 0.25) is 0 Å². The molecule has 1 aromatic carbocycles. The van der Waals surface area contributed by atoms with Crippen molar-refractivity contribution in [2.75, 3.05) is 66.0 Å². The Labute approximate surface area is 268 Å². The number of aliphatic hydroxyl groups excluding tert-OH is 1. The van der Waals surface area contributed by atoms with Gasteiger partial charge >= 0.3 is 0 Å². The zero-order valence-corrected chi connectivity index (χ0v) is 28.2. The molecule has 0 saturated carbocycles.